The third-order valence-corrected chi connectivity index (χ3v) is 6.34. The fourth-order valence-electron chi connectivity index (χ4n) is 2.69. The number of nitrogens with zero attached hydrogens (tertiary/aromatic N) is 2. The molecule has 0 N–H and O–H groups in total. The highest BCUT2D eigenvalue weighted by Crippen LogP contribution is 2.20. The van der Waals surface area contributed by atoms with Crippen molar-refractivity contribution < 1.29 is 18.7 Å². The van der Waals surface area contributed by atoms with Crippen LogP contribution < -0.4 is 4.80 Å². The normalized spacial score (nSPS) is 11.8. The standard InChI is InChI=1S/C21H21FN2O3S2/c1-14-5-8-16(9-6-14)28-11-3-4-19(25)23-21-24(13-20(26)27-2)17-10-7-15(22)12-18(17)29-21/h5-10,12H,3-4,11,13H2,1-2H3. The van der Waals surface area contributed by atoms with Crippen LogP contribution in [-0.2, 0) is 20.9 Å². The van der Waals surface area contributed by atoms with Gasteiger partial charge in [-0.15, -0.1) is 11.8 Å². The maximum Gasteiger partial charge on any atom is 0.325 e. The van der Waals surface area contributed by atoms with Gasteiger partial charge in [-0.1, -0.05) is 29.0 Å². The van der Waals surface area contributed by atoms with E-state index in [4.69, 9.17) is 4.74 Å². The highest BCUT2D eigenvalue weighted by Gasteiger charge is 2.12. The lowest BCUT2D eigenvalue weighted by atomic mass is 10.2. The summed E-state index contributed by atoms with van der Waals surface area (Å²) in [6.45, 7) is 1.96. The van der Waals surface area contributed by atoms with Crippen LogP contribution in [0.1, 0.15) is 18.4 Å². The molecule has 3 aromatic rings. The largest absolute Gasteiger partial charge is 0.468 e. The zero-order valence-corrected chi connectivity index (χ0v) is 17.8. The number of thioether (sulfide) groups is 1. The molecule has 0 saturated carbocycles. The maximum atomic E-state index is 13.5. The molecule has 2 aromatic carbocycles. The molecule has 5 nitrogen and oxygen atoms in total. The number of hydrogen-bond donors (Lipinski definition) is 0. The minimum atomic E-state index is -0.461. The van der Waals surface area contributed by atoms with Crippen LogP contribution in [0.4, 0.5) is 4.39 Å². The van der Waals surface area contributed by atoms with E-state index < -0.39 is 5.97 Å². The van der Waals surface area contributed by atoms with E-state index in [0.29, 0.717) is 27.9 Å². The zero-order chi connectivity index (χ0) is 20.8. The molecule has 0 unspecified atom stereocenters. The van der Waals surface area contributed by atoms with E-state index >= 15 is 0 Å². The van der Waals surface area contributed by atoms with Gasteiger partial charge in [0.25, 0.3) is 0 Å². The van der Waals surface area contributed by atoms with Gasteiger partial charge in [-0.2, -0.15) is 4.99 Å². The lowest BCUT2D eigenvalue weighted by Gasteiger charge is -2.03. The number of amides is 1. The number of thiazole rings is 1. The first-order chi connectivity index (χ1) is 14.0. The Morgan fingerprint density at radius 2 is 1.97 bits per heavy atom. The van der Waals surface area contributed by atoms with E-state index in [2.05, 4.69) is 29.3 Å². The summed E-state index contributed by atoms with van der Waals surface area (Å²) in [5, 5.41) is 0. The van der Waals surface area contributed by atoms with Gasteiger partial charge in [0.1, 0.15) is 12.4 Å². The molecule has 1 heterocycles. The molecule has 29 heavy (non-hydrogen) atoms. The molecule has 0 spiro atoms. The van der Waals surface area contributed by atoms with Gasteiger partial charge in [0.15, 0.2) is 4.80 Å². The number of ether oxygens (including phenoxy) is 1. The SMILES string of the molecule is COC(=O)Cn1c(=NC(=O)CCCSc2ccc(C)cc2)sc2cc(F)ccc21. The summed E-state index contributed by atoms with van der Waals surface area (Å²) in [7, 11) is 1.30. The minimum absolute atomic E-state index is 0.0858. The van der Waals surface area contributed by atoms with E-state index in [0.717, 1.165) is 5.75 Å². The van der Waals surface area contributed by atoms with Gasteiger partial charge >= 0.3 is 5.97 Å². The van der Waals surface area contributed by atoms with Crippen molar-refractivity contribution in [3.8, 4) is 0 Å². The van der Waals surface area contributed by atoms with Crippen molar-refractivity contribution in [2.75, 3.05) is 12.9 Å². The van der Waals surface area contributed by atoms with Crippen LogP contribution in [0.25, 0.3) is 10.2 Å². The lowest BCUT2D eigenvalue weighted by Crippen LogP contribution is -2.22. The molecule has 0 saturated heterocycles. The molecule has 0 aliphatic carbocycles. The number of aromatic nitrogens is 1. The molecule has 0 atom stereocenters. The molecule has 8 heteroatoms. The van der Waals surface area contributed by atoms with Crippen LogP contribution in [0.15, 0.2) is 52.4 Å². The number of rotatable bonds is 7. The Morgan fingerprint density at radius 1 is 1.21 bits per heavy atom. The molecule has 0 aliphatic rings. The van der Waals surface area contributed by atoms with Gasteiger partial charge in [0.05, 0.1) is 17.3 Å². The van der Waals surface area contributed by atoms with Crippen molar-refractivity contribution in [2.24, 2.45) is 4.99 Å². The van der Waals surface area contributed by atoms with E-state index in [1.807, 2.05) is 6.92 Å². The van der Waals surface area contributed by atoms with E-state index in [1.54, 1.807) is 22.4 Å². The molecule has 152 valence electrons. The first kappa shape index (κ1) is 21.3. The number of carbonyl (C=O) groups excluding carboxylic acids is 2. The van der Waals surface area contributed by atoms with E-state index in [-0.39, 0.29) is 18.3 Å². The number of halogens is 1. The first-order valence-electron chi connectivity index (χ1n) is 9.09. The van der Waals surface area contributed by atoms with Gasteiger partial charge in [-0.3, -0.25) is 9.59 Å². The summed E-state index contributed by atoms with van der Waals surface area (Å²) >= 11 is 2.88. The van der Waals surface area contributed by atoms with Gasteiger partial charge in [-0.25, -0.2) is 4.39 Å². The maximum absolute atomic E-state index is 13.5. The topological polar surface area (TPSA) is 60.7 Å². The van der Waals surface area contributed by atoms with Gasteiger partial charge in [-0.05, 0) is 49.4 Å². The summed E-state index contributed by atoms with van der Waals surface area (Å²) < 4.78 is 20.5. The lowest BCUT2D eigenvalue weighted by molar-refractivity contribution is -0.141. The number of methoxy groups -OCH3 is 1. The Hall–Kier alpha value is -2.45. The Morgan fingerprint density at radius 3 is 2.69 bits per heavy atom. The Kier molecular flexibility index (Phi) is 7.22. The van der Waals surface area contributed by atoms with Gasteiger partial charge < -0.3 is 9.30 Å². The Labute approximate surface area is 176 Å². The number of fused-ring (bicyclic) bond motifs is 1. The van der Waals surface area contributed by atoms with Crippen molar-refractivity contribution in [3.63, 3.8) is 0 Å². The number of hydrogen-bond acceptors (Lipinski definition) is 5. The number of aryl methyl sites for hydroxylation is 1. The molecule has 0 fully saturated rings. The van der Waals surface area contributed by atoms with Crippen molar-refractivity contribution in [3.05, 3.63) is 58.6 Å². The van der Waals surface area contributed by atoms with Gasteiger partial charge in [0, 0.05) is 11.3 Å². The van der Waals surface area contributed by atoms with E-state index in [1.165, 1.54) is 41.0 Å². The summed E-state index contributed by atoms with van der Waals surface area (Å²) in [5.41, 5.74) is 1.86. The second-order valence-corrected chi connectivity index (χ2v) is 8.61. The van der Waals surface area contributed by atoms with Crippen LogP contribution in [-0.4, -0.2) is 29.3 Å². The molecular weight excluding hydrogens is 411 g/mol. The average molecular weight is 433 g/mol. The smallest absolute Gasteiger partial charge is 0.325 e. The number of carbonyl (C=O) groups is 2. The monoisotopic (exact) mass is 432 g/mol. The second kappa shape index (κ2) is 9.84. The van der Waals surface area contributed by atoms with Crippen molar-refractivity contribution in [1.29, 1.82) is 0 Å². The molecule has 0 radical (unpaired) electrons. The summed E-state index contributed by atoms with van der Waals surface area (Å²) in [6.07, 6.45) is 0.997. The predicted octanol–water partition coefficient (Wildman–Crippen LogP) is 4.32. The molecule has 1 amide bonds. The third kappa shape index (κ3) is 5.77. The predicted molar refractivity (Wildman–Crippen MR) is 113 cm³/mol. The van der Waals surface area contributed by atoms with Gasteiger partial charge in [0.2, 0.25) is 5.91 Å². The average Bonchev–Trinajstić information content (AvgIpc) is 3.02. The quantitative estimate of drug-likeness (QED) is 0.317. The van der Waals surface area contributed by atoms with E-state index in [9.17, 15) is 14.0 Å². The van der Waals surface area contributed by atoms with Crippen LogP contribution in [0.3, 0.4) is 0 Å². The third-order valence-electron chi connectivity index (χ3n) is 4.20. The Bertz CT molecular complexity index is 1090. The number of esters is 1. The zero-order valence-electron chi connectivity index (χ0n) is 16.2. The molecule has 0 aliphatic heterocycles. The van der Waals surface area contributed by atoms with Crippen LogP contribution in [0.2, 0.25) is 0 Å². The minimum Gasteiger partial charge on any atom is -0.468 e. The van der Waals surface area contributed by atoms with Crippen LogP contribution in [0.5, 0.6) is 0 Å². The van der Waals surface area contributed by atoms with Crippen molar-refractivity contribution in [1.82, 2.24) is 4.57 Å². The summed E-state index contributed by atoms with van der Waals surface area (Å²) in [5.74, 6) is -0.294. The molecule has 1 aromatic heterocycles. The Balaban J connectivity index is 1.70. The molecule has 0 bridgehead atoms. The fraction of sp³-hybridized carbons (Fsp3) is 0.286. The molecule has 3 rings (SSSR count). The van der Waals surface area contributed by atoms with Crippen molar-refractivity contribution in [2.45, 2.75) is 31.2 Å². The summed E-state index contributed by atoms with van der Waals surface area (Å²) in [4.78, 5) is 29.8. The van der Waals surface area contributed by atoms with Crippen molar-refractivity contribution >= 4 is 45.2 Å². The molecular formula is C21H21FN2O3S2. The van der Waals surface area contributed by atoms with Crippen LogP contribution in [0, 0.1) is 12.7 Å². The van der Waals surface area contributed by atoms with Crippen LogP contribution >= 0.6 is 23.1 Å². The number of benzene rings is 2. The highest BCUT2D eigenvalue weighted by molar-refractivity contribution is 7.99. The highest BCUT2D eigenvalue weighted by atomic mass is 32.2. The fourth-order valence-corrected chi connectivity index (χ4v) is 4.61. The second-order valence-electron chi connectivity index (χ2n) is 6.43. The first-order valence-corrected chi connectivity index (χ1v) is 10.9. The summed E-state index contributed by atoms with van der Waals surface area (Å²) in [6, 6.07) is 12.5.